The molecule has 0 heterocycles. The third kappa shape index (κ3) is 3.23. The molecule has 0 rings (SSSR count). The molecule has 10 heavy (non-hydrogen) atoms. The van der Waals surface area contributed by atoms with Crippen LogP contribution in [-0.2, 0) is 10.1 Å². The van der Waals surface area contributed by atoms with Gasteiger partial charge in [0, 0.05) is 0 Å². The van der Waals surface area contributed by atoms with Crippen LogP contribution in [-0.4, -0.2) is 27.3 Å². The minimum atomic E-state index is -4.70. The van der Waals surface area contributed by atoms with Crippen molar-refractivity contribution in [2.45, 2.75) is 9.23 Å². The molecule has 0 aromatic heterocycles. The van der Waals surface area contributed by atoms with Gasteiger partial charge in [-0.3, -0.25) is 4.55 Å². The number of hydrogen-bond acceptors (Lipinski definition) is 3. The summed E-state index contributed by atoms with van der Waals surface area (Å²) in [5, 5.41) is 8.49. The lowest BCUT2D eigenvalue weighted by atomic mass is 10.8. The molecule has 0 saturated carbocycles. The highest BCUT2D eigenvalue weighted by molar-refractivity contribution is 7.86. The van der Waals surface area contributed by atoms with Gasteiger partial charge in [-0.15, -0.1) is 0 Å². The lowest BCUT2D eigenvalue weighted by Gasteiger charge is -2.14. The molecule has 0 aromatic rings. The number of alkyl halides is 3. The zero-order valence-electron chi connectivity index (χ0n) is 4.33. The van der Waals surface area contributed by atoms with E-state index in [2.05, 4.69) is 0 Å². The second-order valence-electron chi connectivity index (χ2n) is 1.41. The Balaban J connectivity index is 4.56. The van der Waals surface area contributed by atoms with E-state index in [4.69, 9.17) is 44.5 Å². The summed E-state index contributed by atoms with van der Waals surface area (Å²) in [4.78, 5) is 0. The van der Waals surface area contributed by atoms with E-state index in [0.717, 1.165) is 0 Å². The fraction of sp³-hybridized carbons (Fsp3) is 1.00. The monoisotopic (exact) mass is 228 g/mol. The Hall–Kier alpha value is 0.740. The molecule has 0 aromatic carbocycles. The lowest BCUT2D eigenvalue weighted by Crippen LogP contribution is -2.33. The lowest BCUT2D eigenvalue weighted by molar-refractivity contribution is 0.237. The van der Waals surface area contributed by atoms with E-state index in [1.165, 1.54) is 0 Å². The van der Waals surface area contributed by atoms with Gasteiger partial charge < -0.3 is 5.11 Å². The predicted molar refractivity (Wildman–Crippen MR) is 37.8 cm³/mol. The first-order chi connectivity index (χ1) is 4.15. The van der Waals surface area contributed by atoms with Gasteiger partial charge in [0.05, 0.1) is 0 Å². The summed E-state index contributed by atoms with van der Waals surface area (Å²) in [5.41, 5.74) is -2.41. The molecule has 4 nitrogen and oxygen atoms in total. The van der Waals surface area contributed by atoms with Crippen molar-refractivity contribution >= 4 is 44.9 Å². The summed E-state index contributed by atoms with van der Waals surface area (Å²) in [7, 11) is -4.70. The van der Waals surface area contributed by atoms with Crippen molar-refractivity contribution in [2.24, 2.45) is 0 Å². The SMILES string of the molecule is O=S(=O)(O)C(O)C(Cl)(Cl)Cl. The quantitative estimate of drug-likeness (QED) is 0.509. The highest BCUT2D eigenvalue weighted by atomic mass is 35.6. The molecule has 0 amide bonds. The number of aliphatic hydroxyl groups is 1. The summed E-state index contributed by atoms with van der Waals surface area (Å²) >= 11 is 14.7. The maximum Gasteiger partial charge on any atom is 0.296 e. The van der Waals surface area contributed by atoms with Crippen molar-refractivity contribution < 1.29 is 18.1 Å². The van der Waals surface area contributed by atoms with Crippen LogP contribution in [0.2, 0.25) is 0 Å². The second kappa shape index (κ2) is 3.00. The van der Waals surface area contributed by atoms with Crippen molar-refractivity contribution in [2.75, 3.05) is 0 Å². The first-order valence-corrected chi connectivity index (χ1v) is 4.50. The van der Waals surface area contributed by atoms with Gasteiger partial charge in [0.2, 0.25) is 9.23 Å². The zero-order valence-corrected chi connectivity index (χ0v) is 7.41. The topological polar surface area (TPSA) is 74.6 Å². The van der Waals surface area contributed by atoms with E-state index in [1.54, 1.807) is 0 Å². The molecule has 0 aliphatic rings. The fourth-order valence-electron chi connectivity index (χ4n) is 0.169. The highest BCUT2D eigenvalue weighted by Crippen LogP contribution is 2.32. The molecule has 62 valence electrons. The predicted octanol–water partition coefficient (Wildman–Crippen LogP) is 0.563. The van der Waals surface area contributed by atoms with Crippen LogP contribution >= 0.6 is 34.8 Å². The Bertz CT molecular complexity index is 203. The third-order valence-corrected chi connectivity index (χ3v) is 2.49. The van der Waals surface area contributed by atoms with Gasteiger partial charge in [-0.1, -0.05) is 34.8 Å². The van der Waals surface area contributed by atoms with Crippen molar-refractivity contribution in [3.63, 3.8) is 0 Å². The van der Waals surface area contributed by atoms with Gasteiger partial charge in [-0.2, -0.15) is 8.42 Å². The molecule has 8 heteroatoms. The van der Waals surface area contributed by atoms with Crippen LogP contribution in [0.15, 0.2) is 0 Å². The van der Waals surface area contributed by atoms with Gasteiger partial charge in [0.25, 0.3) is 10.1 Å². The van der Waals surface area contributed by atoms with Crippen molar-refractivity contribution in [3.8, 4) is 0 Å². The second-order valence-corrected chi connectivity index (χ2v) is 5.25. The Morgan fingerprint density at radius 1 is 1.30 bits per heavy atom. The third-order valence-electron chi connectivity index (χ3n) is 0.562. The molecule has 0 aliphatic carbocycles. The molecule has 1 unspecified atom stereocenters. The minimum Gasteiger partial charge on any atom is -0.372 e. The molecule has 2 N–H and O–H groups in total. The summed E-state index contributed by atoms with van der Waals surface area (Å²) in [6.07, 6.45) is 0. The largest absolute Gasteiger partial charge is 0.372 e. The normalized spacial score (nSPS) is 16.9. The van der Waals surface area contributed by atoms with Gasteiger partial charge >= 0.3 is 0 Å². The molecule has 0 spiro atoms. The molecule has 0 radical (unpaired) electrons. The summed E-state index contributed by atoms with van der Waals surface area (Å²) < 4.78 is 25.7. The minimum absolute atomic E-state index is 2.41. The van der Waals surface area contributed by atoms with Crippen LogP contribution in [0.5, 0.6) is 0 Å². The first kappa shape index (κ1) is 10.7. The summed E-state index contributed by atoms with van der Waals surface area (Å²) in [6, 6.07) is 0. The van der Waals surface area contributed by atoms with E-state index < -0.39 is 19.3 Å². The van der Waals surface area contributed by atoms with E-state index >= 15 is 0 Å². The first-order valence-electron chi connectivity index (χ1n) is 1.87. The van der Waals surface area contributed by atoms with Crippen LogP contribution in [0.1, 0.15) is 0 Å². The number of aliphatic hydroxyl groups excluding tert-OH is 1. The van der Waals surface area contributed by atoms with Crippen molar-refractivity contribution in [1.82, 2.24) is 0 Å². The Kier molecular flexibility index (Phi) is 3.23. The smallest absolute Gasteiger partial charge is 0.296 e. The van der Waals surface area contributed by atoms with Crippen molar-refractivity contribution in [3.05, 3.63) is 0 Å². The number of halogens is 3. The van der Waals surface area contributed by atoms with Crippen LogP contribution < -0.4 is 0 Å². The van der Waals surface area contributed by atoms with Gasteiger partial charge in [0.15, 0.2) is 0 Å². The van der Waals surface area contributed by atoms with Crippen molar-refractivity contribution in [1.29, 1.82) is 0 Å². The van der Waals surface area contributed by atoms with Gasteiger partial charge in [0.1, 0.15) is 0 Å². The van der Waals surface area contributed by atoms with Crippen LogP contribution in [0.3, 0.4) is 0 Å². The Labute approximate surface area is 72.4 Å². The highest BCUT2D eigenvalue weighted by Gasteiger charge is 2.40. The average molecular weight is 229 g/mol. The fourth-order valence-corrected chi connectivity index (χ4v) is 1.52. The average Bonchev–Trinajstić information content (AvgIpc) is 1.59. The molecule has 1 atom stereocenters. The number of rotatable bonds is 1. The standard InChI is InChI=1S/C2H3Cl3O4S/c3-2(4,5)1(6)10(7,8)9/h1,6H,(H,7,8,9). The summed E-state index contributed by atoms with van der Waals surface area (Å²) in [6.45, 7) is 0. The van der Waals surface area contributed by atoms with E-state index in [1.807, 2.05) is 0 Å². The van der Waals surface area contributed by atoms with Crippen LogP contribution in [0.4, 0.5) is 0 Å². The molecular formula is C2H3Cl3O4S. The van der Waals surface area contributed by atoms with E-state index in [0.29, 0.717) is 0 Å². The maximum atomic E-state index is 10.0. The van der Waals surface area contributed by atoms with Gasteiger partial charge in [-0.05, 0) is 0 Å². The molecular weight excluding hydrogens is 226 g/mol. The van der Waals surface area contributed by atoms with Crippen LogP contribution in [0.25, 0.3) is 0 Å². The summed E-state index contributed by atoms with van der Waals surface area (Å²) in [5.74, 6) is 0. The van der Waals surface area contributed by atoms with Gasteiger partial charge in [-0.25, -0.2) is 0 Å². The molecule has 0 saturated heterocycles. The number of hydrogen-bond donors (Lipinski definition) is 2. The molecule has 0 aliphatic heterocycles. The van der Waals surface area contributed by atoms with E-state index in [-0.39, 0.29) is 0 Å². The van der Waals surface area contributed by atoms with E-state index in [9.17, 15) is 8.42 Å². The van der Waals surface area contributed by atoms with Crippen LogP contribution in [0, 0.1) is 0 Å². The maximum absolute atomic E-state index is 10.0. The Morgan fingerprint density at radius 3 is 1.60 bits per heavy atom. The Morgan fingerprint density at radius 2 is 1.60 bits per heavy atom. The molecule has 0 bridgehead atoms. The zero-order chi connectivity index (χ0) is 8.58. The molecule has 0 fully saturated rings.